The highest BCUT2D eigenvalue weighted by molar-refractivity contribution is 7.87. The van der Waals surface area contributed by atoms with E-state index in [4.69, 9.17) is 8.60 Å². The van der Waals surface area contributed by atoms with Gasteiger partial charge in [0.25, 0.3) is 0 Å². The average molecular weight is 383 g/mol. The van der Waals surface area contributed by atoms with Crippen molar-refractivity contribution in [3.05, 3.63) is 78.1 Å². The van der Waals surface area contributed by atoms with Crippen LogP contribution in [0.2, 0.25) is 0 Å². The Hall–Kier alpha value is -3.19. The summed E-state index contributed by atoms with van der Waals surface area (Å²) in [6.07, 6.45) is 0. The van der Waals surface area contributed by atoms with Crippen molar-refractivity contribution in [1.29, 1.82) is 0 Å². The number of oxazole rings is 1. The van der Waals surface area contributed by atoms with Gasteiger partial charge in [0.1, 0.15) is 16.2 Å². The van der Waals surface area contributed by atoms with Gasteiger partial charge in [0, 0.05) is 0 Å². The molecular weight excluding hydrogens is 369 g/mol. The molecule has 0 saturated heterocycles. The lowest BCUT2D eigenvalue weighted by Gasteiger charge is -2.09. The van der Waals surface area contributed by atoms with Crippen molar-refractivity contribution in [3.8, 4) is 17.2 Å². The van der Waals surface area contributed by atoms with E-state index < -0.39 is 15.9 Å². The second-order valence-electron chi connectivity index (χ2n) is 5.98. The second kappa shape index (κ2) is 6.51. The van der Waals surface area contributed by atoms with Crippen molar-refractivity contribution in [1.82, 2.24) is 4.98 Å². The standard InChI is InChI=1S/C20H14FNO4S/c1-13-6-11-17-19(12-13)25-20(22-17)16-4-2-3-5-18(16)26-27(23,24)15-9-7-14(21)8-10-15/h2-12H,1H3. The van der Waals surface area contributed by atoms with Crippen LogP contribution in [0, 0.1) is 12.7 Å². The van der Waals surface area contributed by atoms with Gasteiger partial charge in [-0.2, -0.15) is 8.42 Å². The van der Waals surface area contributed by atoms with Crippen LogP contribution in [0.3, 0.4) is 0 Å². The summed E-state index contributed by atoms with van der Waals surface area (Å²) < 4.78 is 49.2. The summed E-state index contributed by atoms with van der Waals surface area (Å²) in [4.78, 5) is 4.26. The molecule has 0 spiro atoms. The number of rotatable bonds is 4. The Morgan fingerprint density at radius 2 is 1.74 bits per heavy atom. The third kappa shape index (κ3) is 3.41. The lowest BCUT2D eigenvalue weighted by molar-refractivity contribution is 0.485. The minimum Gasteiger partial charge on any atom is -0.436 e. The molecule has 4 aromatic rings. The molecule has 3 aromatic carbocycles. The van der Waals surface area contributed by atoms with Crippen LogP contribution in [-0.2, 0) is 10.1 Å². The van der Waals surface area contributed by atoms with E-state index in [1.807, 2.05) is 25.1 Å². The van der Waals surface area contributed by atoms with Crippen LogP contribution in [0.25, 0.3) is 22.6 Å². The fourth-order valence-electron chi connectivity index (χ4n) is 2.63. The summed E-state index contributed by atoms with van der Waals surface area (Å²) in [5.41, 5.74) is 2.68. The molecule has 0 unspecified atom stereocenters. The van der Waals surface area contributed by atoms with Crippen LogP contribution in [0.4, 0.5) is 4.39 Å². The number of nitrogens with zero attached hydrogens (tertiary/aromatic N) is 1. The van der Waals surface area contributed by atoms with Gasteiger partial charge in [-0.05, 0) is 61.0 Å². The molecule has 4 rings (SSSR count). The van der Waals surface area contributed by atoms with Gasteiger partial charge in [-0.15, -0.1) is 0 Å². The number of para-hydroxylation sites is 1. The third-order valence-electron chi connectivity index (χ3n) is 3.96. The summed E-state index contributed by atoms with van der Waals surface area (Å²) >= 11 is 0. The first-order valence-corrected chi connectivity index (χ1v) is 9.50. The maximum absolute atomic E-state index is 13.1. The predicted octanol–water partition coefficient (Wildman–Crippen LogP) is 4.71. The quantitative estimate of drug-likeness (QED) is 0.477. The Kier molecular flexibility index (Phi) is 4.16. The van der Waals surface area contributed by atoms with Crippen molar-refractivity contribution in [2.75, 3.05) is 0 Å². The van der Waals surface area contributed by atoms with Gasteiger partial charge in [0.15, 0.2) is 11.3 Å². The highest BCUT2D eigenvalue weighted by atomic mass is 32.2. The minimum absolute atomic E-state index is 0.0742. The van der Waals surface area contributed by atoms with E-state index in [9.17, 15) is 12.8 Å². The van der Waals surface area contributed by atoms with Crippen LogP contribution in [0.5, 0.6) is 5.75 Å². The summed E-state index contributed by atoms with van der Waals surface area (Å²) in [6, 6.07) is 16.6. The monoisotopic (exact) mass is 383 g/mol. The number of halogens is 1. The number of hydrogen-bond donors (Lipinski definition) is 0. The molecule has 1 heterocycles. The molecule has 136 valence electrons. The normalized spacial score (nSPS) is 11.6. The number of fused-ring (bicyclic) bond motifs is 1. The molecule has 0 aliphatic carbocycles. The topological polar surface area (TPSA) is 69.4 Å². The van der Waals surface area contributed by atoms with E-state index in [1.54, 1.807) is 18.2 Å². The average Bonchev–Trinajstić information content (AvgIpc) is 3.05. The summed E-state index contributed by atoms with van der Waals surface area (Å²) in [6.45, 7) is 1.94. The van der Waals surface area contributed by atoms with Gasteiger partial charge >= 0.3 is 10.1 Å². The Balaban J connectivity index is 1.75. The van der Waals surface area contributed by atoms with Gasteiger partial charge in [-0.25, -0.2) is 9.37 Å². The summed E-state index contributed by atoms with van der Waals surface area (Å²) in [7, 11) is -4.13. The number of hydrogen-bond acceptors (Lipinski definition) is 5. The first kappa shape index (κ1) is 17.2. The Labute approximate surface area is 155 Å². The molecule has 7 heteroatoms. The van der Waals surface area contributed by atoms with Gasteiger partial charge in [-0.3, -0.25) is 0 Å². The number of benzene rings is 3. The van der Waals surface area contributed by atoms with Crippen LogP contribution >= 0.6 is 0 Å². The lowest BCUT2D eigenvalue weighted by atomic mass is 10.2. The molecule has 0 aliphatic rings. The van der Waals surface area contributed by atoms with Crippen molar-refractivity contribution in [2.45, 2.75) is 11.8 Å². The molecule has 1 aromatic heterocycles. The maximum Gasteiger partial charge on any atom is 0.339 e. The SMILES string of the molecule is Cc1ccc2nc(-c3ccccc3OS(=O)(=O)c3ccc(F)cc3)oc2c1. The molecule has 27 heavy (non-hydrogen) atoms. The van der Waals surface area contributed by atoms with Gasteiger partial charge in [0.2, 0.25) is 5.89 Å². The molecule has 5 nitrogen and oxygen atoms in total. The van der Waals surface area contributed by atoms with Crippen LogP contribution in [-0.4, -0.2) is 13.4 Å². The molecule has 0 saturated carbocycles. The van der Waals surface area contributed by atoms with Gasteiger partial charge in [0.05, 0.1) is 5.56 Å². The molecule has 0 atom stereocenters. The van der Waals surface area contributed by atoms with E-state index in [0.29, 0.717) is 16.7 Å². The minimum atomic E-state index is -4.13. The zero-order valence-corrected chi connectivity index (χ0v) is 15.0. The molecule has 0 bridgehead atoms. The van der Waals surface area contributed by atoms with E-state index >= 15 is 0 Å². The van der Waals surface area contributed by atoms with Crippen LogP contribution < -0.4 is 4.18 Å². The molecule has 0 aliphatic heterocycles. The molecule has 0 N–H and O–H groups in total. The highest BCUT2D eigenvalue weighted by Gasteiger charge is 2.21. The van der Waals surface area contributed by atoms with Crippen LogP contribution in [0.15, 0.2) is 76.0 Å². The Morgan fingerprint density at radius 1 is 1.00 bits per heavy atom. The van der Waals surface area contributed by atoms with Crippen LogP contribution in [0.1, 0.15) is 5.56 Å². The molecule has 0 radical (unpaired) electrons. The summed E-state index contributed by atoms with van der Waals surface area (Å²) in [5.74, 6) is -0.207. The first-order valence-electron chi connectivity index (χ1n) is 8.09. The van der Waals surface area contributed by atoms with E-state index in [-0.39, 0.29) is 16.5 Å². The van der Waals surface area contributed by atoms with Crippen molar-refractivity contribution < 1.29 is 21.4 Å². The van der Waals surface area contributed by atoms with E-state index in [1.165, 1.54) is 6.07 Å². The van der Waals surface area contributed by atoms with Crippen molar-refractivity contribution in [2.24, 2.45) is 0 Å². The largest absolute Gasteiger partial charge is 0.436 e. The first-order chi connectivity index (χ1) is 12.9. The van der Waals surface area contributed by atoms with E-state index in [0.717, 1.165) is 29.8 Å². The van der Waals surface area contributed by atoms with Gasteiger partial charge in [-0.1, -0.05) is 18.2 Å². The van der Waals surface area contributed by atoms with Crippen molar-refractivity contribution in [3.63, 3.8) is 0 Å². The number of aromatic nitrogens is 1. The lowest BCUT2D eigenvalue weighted by Crippen LogP contribution is -2.10. The molecule has 0 amide bonds. The number of aryl methyl sites for hydroxylation is 1. The van der Waals surface area contributed by atoms with Gasteiger partial charge < -0.3 is 8.60 Å². The Morgan fingerprint density at radius 3 is 2.52 bits per heavy atom. The smallest absolute Gasteiger partial charge is 0.339 e. The zero-order valence-electron chi connectivity index (χ0n) is 14.2. The van der Waals surface area contributed by atoms with E-state index in [2.05, 4.69) is 4.98 Å². The fraction of sp³-hybridized carbons (Fsp3) is 0.0500. The second-order valence-corrected chi connectivity index (χ2v) is 7.52. The molecular formula is C20H14FNO4S. The maximum atomic E-state index is 13.1. The zero-order chi connectivity index (χ0) is 19.0. The Bertz CT molecular complexity index is 1230. The third-order valence-corrected chi connectivity index (χ3v) is 5.21. The van der Waals surface area contributed by atoms with Crippen molar-refractivity contribution >= 4 is 21.2 Å². The summed E-state index contributed by atoms with van der Waals surface area (Å²) in [5, 5.41) is 0. The predicted molar refractivity (Wildman–Crippen MR) is 98.4 cm³/mol. The molecule has 0 fully saturated rings. The fourth-order valence-corrected chi connectivity index (χ4v) is 3.58. The highest BCUT2D eigenvalue weighted by Crippen LogP contribution is 2.33.